The maximum Gasteiger partial charge on any atom is 0.337 e. The van der Waals surface area contributed by atoms with E-state index in [1.54, 1.807) is 12.1 Å². The first-order valence-corrected chi connectivity index (χ1v) is 6.28. The zero-order chi connectivity index (χ0) is 13.0. The smallest absolute Gasteiger partial charge is 0.337 e. The molecule has 1 N–H and O–H groups in total. The molecule has 0 radical (unpaired) electrons. The number of benzene rings is 1. The summed E-state index contributed by atoms with van der Waals surface area (Å²) >= 11 is 0. The average molecular weight is 249 g/mol. The molecule has 1 aliphatic rings. The van der Waals surface area contributed by atoms with E-state index in [-0.39, 0.29) is 6.10 Å². The lowest BCUT2D eigenvalue weighted by molar-refractivity contribution is -0.156. The highest BCUT2D eigenvalue weighted by molar-refractivity contribution is 5.74. The van der Waals surface area contributed by atoms with Gasteiger partial charge in [-0.2, -0.15) is 0 Å². The van der Waals surface area contributed by atoms with Gasteiger partial charge in [0.25, 0.3) is 0 Å². The fourth-order valence-electron chi connectivity index (χ4n) is 2.22. The minimum atomic E-state index is -0.917. The molecule has 1 fully saturated rings. The van der Waals surface area contributed by atoms with Crippen LogP contribution >= 0.6 is 0 Å². The Balaban J connectivity index is 2.01. The molecule has 18 heavy (non-hydrogen) atoms. The Labute approximate surface area is 107 Å². The third-order valence-electron chi connectivity index (χ3n) is 3.32. The molecule has 1 unspecified atom stereocenters. The molecule has 4 heteroatoms. The Bertz CT molecular complexity index is 385. The van der Waals surface area contributed by atoms with Crippen LogP contribution in [0.5, 0.6) is 0 Å². The van der Waals surface area contributed by atoms with Gasteiger partial charge in [-0.15, -0.1) is 0 Å². The number of carboxylic acid groups (broad SMARTS) is 1. The standard InChI is InChI=1S/C14H19NO3/c1-15-9-7-12(8-10-15)18-13(14(16)17)11-5-3-2-4-6-11/h2-6,12-13H,7-10H2,1H3,(H,16,17). The highest BCUT2D eigenvalue weighted by atomic mass is 16.5. The Morgan fingerprint density at radius 3 is 2.50 bits per heavy atom. The predicted molar refractivity (Wildman–Crippen MR) is 68.4 cm³/mol. The van der Waals surface area contributed by atoms with Gasteiger partial charge in [0, 0.05) is 13.1 Å². The van der Waals surface area contributed by atoms with Crippen molar-refractivity contribution in [3.8, 4) is 0 Å². The monoisotopic (exact) mass is 249 g/mol. The largest absolute Gasteiger partial charge is 0.479 e. The number of likely N-dealkylation sites (tertiary alicyclic amines) is 1. The summed E-state index contributed by atoms with van der Waals surface area (Å²) in [6.45, 7) is 1.93. The Kier molecular flexibility index (Phi) is 4.33. The van der Waals surface area contributed by atoms with Gasteiger partial charge in [0.05, 0.1) is 6.10 Å². The van der Waals surface area contributed by atoms with Gasteiger partial charge in [0.2, 0.25) is 0 Å². The molecule has 1 atom stereocenters. The van der Waals surface area contributed by atoms with Gasteiger partial charge in [-0.25, -0.2) is 4.79 Å². The average Bonchev–Trinajstić information content (AvgIpc) is 2.38. The van der Waals surface area contributed by atoms with Crippen LogP contribution in [0.25, 0.3) is 0 Å². The van der Waals surface area contributed by atoms with E-state index in [0.717, 1.165) is 25.9 Å². The zero-order valence-corrected chi connectivity index (χ0v) is 10.6. The van der Waals surface area contributed by atoms with Gasteiger partial charge in [-0.3, -0.25) is 0 Å². The lowest BCUT2D eigenvalue weighted by Gasteiger charge is -2.30. The summed E-state index contributed by atoms with van der Waals surface area (Å²) in [4.78, 5) is 13.5. The van der Waals surface area contributed by atoms with Crippen molar-refractivity contribution < 1.29 is 14.6 Å². The summed E-state index contributed by atoms with van der Waals surface area (Å²) in [6, 6.07) is 9.14. The van der Waals surface area contributed by atoms with Gasteiger partial charge in [-0.05, 0) is 25.5 Å². The first kappa shape index (κ1) is 13.1. The minimum Gasteiger partial charge on any atom is -0.479 e. The fraction of sp³-hybridized carbons (Fsp3) is 0.500. The Morgan fingerprint density at radius 2 is 1.94 bits per heavy atom. The second kappa shape index (κ2) is 5.98. The number of carboxylic acids is 1. The highest BCUT2D eigenvalue weighted by Crippen LogP contribution is 2.23. The van der Waals surface area contributed by atoms with E-state index in [0.29, 0.717) is 5.56 Å². The number of aliphatic carboxylic acids is 1. The third kappa shape index (κ3) is 3.31. The number of hydrogen-bond acceptors (Lipinski definition) is 3. The first-order valence-electron chi connectivity index (χ1n) is 6.28. The molecular weight excluding hydrogens is 230 g/mol. The van der Waals surface area contributed by atoms with Crippen molar-refractivity contribution in [3.05, 3.63) is 35.9 Å². The van der Waals surface area contributed by atoms with Crippen molar-refractivity contribution in [1.29, 1.82) is 0 Å². The molecule has 1 aromatic rings. The third-order valence-corrected chi connectivity index (χ3v) is 3.32. The van der Waals surface area contributed by atoms with Crippen molar-refractivity contribution >= 4 is 5.97 Å². The molecule has 1 heterocycles. The molecule has 0 spiro atoms. The SMILES string of the molecule is CN1CCC(OC(C(=O)O)c2ccccc2)CC1. The molecule has 0 aliphatic carbocycles. The Morgan fingerprint density at radius 1 is 1.33 bits per heavy atom. The van der Waals surface area contributed by atoms with Gasteiger partial charge in [0.1, 0.15) is 0 Å². The molecule has 0 aromatic heterocycles. The fourth-order valence-corrected chi connectivity index (χ4v) is 2.22. The van der Waals surface area contributed by atoms with Crippen LogP contribution in [0.15, 0.2) is 30.3 Å². The van der Waals surface area contributed by atoms with E-state index < -0.39 is 12.1 Å². The van der Waals surface area contributed by atoms with Crippen LogP contribution in [0.4, 0.5) is 0 Å². The number of carbonyl (C=O) groups is 1. The summed E-state index contributed by atoms with van der Waals surface area (Å²) in [7, 11) is 2.07. The lowest BCUT2D eigenvalue weighted by atomic mass is 10.1. The van der Waals surface area contributed by atoms with Crippen molar-refractivity contribution in [2.24, 2.45) is 0 Å². The zero-order valence-electron chi connectivity index (χ0n) is 10.6. The number of nitrogens with zero attached hydrogens (tertiary/aromatic N) is 1. The molecule has 1 aromatic carbocycles. The van der Waals surface area contributed by atoms with Crippen molar-refractivity contribution in [1.82, 2.24) is 4.90 Å². The molecule has 1 aliphatic heterocycles. The highest BCUT2D eigenvalue weighted by Gasteiger charge is 2.26. The van der Waals surface area contributed by atoms with Crippen LogP contribution in [0, 0.1) is 0 Å². The minimum absolute atomic E-state index is 0.0440. The van der Waals surface area contributed by atoms with E-state index in [1.807, 2.05) is 18.2 Å². The maximum absolute atomic E-state index is 11.3. The normalized spacial score (nSPS) is 19.6. The first-order chi connectivity index (χ1) is 8.66. The van der Waals surface area contributed by atoms with Gasteiger partial charge < -0.3 is 14.7 Å². The Hall–Kier alpha value is -1.39. The van der Waals surface area contributed by atoms with Crippen LogP contribution in [0.3, 0.4) is 0 Å². The summed E-state index contributed by atoms with van der Waals surface area (Å²) in [5.41, 5.74) is 0.712. The van der Waals surface area contributed by atoms with Crippen LogP contribution in [-0.2, 0) is 9.53 Å². The quantitative estimate of drug-likeness (QED) is 0.885. The van der Waals surface area contributed by atoms with E-state index in [4.69, 9.17) is 4.74 Å². The molecule has 98 valence electrons. The molecule has 1 saturated heterocycles. The molecule has 0 bridgehead atoms. The van der Waals surface area contributed by atoms with Crippen molar-refractivity contribution in [2.45, 2.75) is 25.0 Å². The molecule has 0 saturated carbocycles. The maximum atomic E-state index is 11.3. The summed E-state index contributed by atoms with van der Waals surface area (Å²) < 4.78 is 5.76. The molecule has 0 amide bonds. The summed E-state index contributed by atoms with van der Waals surface area (Å²) in [6.07, 6.45) is 0.988. The van der Waals surface area contributed by atoms with Crippen LogP contribution < -0.4 is 0 Å². The topological polar surface area (TPSA) is 49.8 Å². The number of hydrogen-bond donors (Lipinski definition) is 1. The number of rotatable bonds is 4. The van der Waals surface area contributed by atoms with Crippen molar-refractivity contribution in [3.63, 3.8) is 0 Å². The van der Waals surface area contributed by atoms with Gasteiger partial charge in [-0.1, -0.05) is 30.3 Å². The van der Waals surface area contributed by atoms with E-state index >= 15 is 0 Å². The van der Waals surface area contributed by atoms with E-state index in [9.17, 15) is 9.90 Å². The van der Waals surface area contributed by atoms with Crippen molar-refractivity contribution in [2.75, 3.05) is 20.1 Å². The van der Waals surface area contributed by atoms with Gasteiger partial charge in [0.15, 0.2) is 6.10 Å². The van der Waals surface area contributed by atoms with E-state index in [1.165, 1.54) is 0 Å². The number of ether oxygens (including phenoxy) is 1. The van der Waals surface area contributed by atoms with E-state index in [2.05, 4.69) is 11.9 Å². The van der Waals surface area contributed by atoms with Crippen LogP contribution in [-0.4, -0.2) is 42.2 Å². The second-order valence-electron chi connectivity index (χ2n) is 4.77. The van der Waals surface area contributed by atoms with Gasteiger partial charge >= 0.3 is 5.97 Å². The predicted octanol–water partition coefficient (Wildman–Crippen LogP) is 1.92. The lowest BCUT2D eigenvalue weighted by Crippen LogP contribution is -2.35. The summed E-state index contributed by atoms with van der Waals surface area (Å²) in [5.74, 6) is -0.917. The van der Waals surface area contributed by atoms with Crippen LogP contribution in [0.2, 0.25) is 0 Å². The second-order valence-corrected chi connectivity index (χ2v) is 4.77. The summed E-state index contributed by atoms with van der Waals surface area (Å²) in [5, 5.41) is 9.27. The molecule has 2 rings (SSSR count). The number of piperidine rings is 1. The van der Waals surface area contributed by atoms with Crippen LogP contribution in [0.1, 0.15) is 24.5 Å². The molecular formula is C14H19NO3. The molecule has 4 nitrogen and oxygen atoms in total.